The average molecular weight is 157 g/mol. The fourth-order valence-corrected chi connectivity index (χ4v) is 0.999. The molecular weight excluding hydrogens is 138 g/mol. The summed E-state index contributed by atoms with van der Waals surface area (Å²) in [5.74, 6) is 1.17. The summed E-state index contributed by atoms with van der Waals surface area (Å²) < 4.78 is 0. The molecule has 0 aromatic heterocycles. The van der Waals surface area contributed by atoms with Gasteiger partial charge in [0.2, 0.25) is 0 Å². The van der Waals surface area contributed by atoms with Crippen LogP contribution in [0.5, 0.6) is 0 Å². The molecule has 0 aromatic carbocycles. The highest BCUT2D eigenvalue weighted by atomic mass is 15.5. The molecule has 0 unspecified atom stereocenters. The lowest BCUT2D eigenvalue weighted by Gasteiger charge is -2.20. The van der Waals surface area contributed by atoms with Crippen LogP contribution in [0.1, 0.15) is 27.7 Å². The van der Waals surface area contributed by atoms with Crippen molar-refractivity contribution in [2.45, 2.75) is 27.7 Å². The van der Waals surface area contributed by atoms with Crippen LogP contribution in [0.25, 0.3) is 0 Å². The zero-order valence-corrected chi connectivity index (χ0v) is 7.96. The van der Waals surface area contributed by atoms with Crippen molar-refractivity contribution in [3.63, 3.8) is 0 Å². The third-order valence-corrected chi connectivity index (χ3v) is 1.29. The third kappa shape index (κ3) is 5.83. The van der Waals surface area contributed by atoms with E-state index in [0.29, 0.717) is 11.8 Å². The number of nitrogens with zero attached hydrogens (tertiary/aromatic N) is 2. The minimum atomic E-state index is 0.586. The van der Waals surface area contributed by atoms with Gasteiger partial charge in [0.05, 0.1) is 0 Å². The van der Waals surface area contributed by atoms with Crippen LogP contribution >= 0.6 is 0 Å². The van der Waals surface area contributed by atoms with Gasteiger partial charge in [-0.2, -0.15) is 5.53 Å². The van der Waals surface area contributed by atoms with E-state index in [1.807, 2.05) is 5.01 Å². The van der Waals surface area contributed by atoms with Crippen molar-refractivity contribution < 1.29 is 0 Å². The Morgan fingerprint density at radius 3 is 1.64 bits per heavy atom. The summed E-state index contributed by atoms with van der Waals surface area (Å²) in [6, 6.07) is 0. The van der Waals surface area contributed by atoms with E-state index in [9.17, 15) is 0 Å². The maximum atomic E-state index is 6.90. The fraction of sp³-hybridized carbons (Fsp3) is 1.00. The van der Waals surface area contributed by atoms with Gasteiger partial charge in [-0.3, -0.25) is 5.01 Å². The molecule has 0 heterocycles. The summed E-state index contributed by atoms with van der Waals surface area (Å²) in [4.78, 5) is 0. The molecule has 3 nitrogen and oxygen atoms in total. The van der Waals surface area contributed by atoms with E-state index in [2.05, 4.69) is 32.9 Å². The number of nitrogens with one attached hydrogen (secondary N) is 1. The lowest BCUT2D eigenvalue weighted by Crippen LogP contribution is -2.25. The molecule has 0 fully saturated rings. The molecule has 0 aliphatic carbocycles. The van der Waals surface area contributed by atoms with Crippen LogP contribution < -0.4 is 0 Å². The molecule has 0 aliphatic rings. The predicted octanol–water partition coefficient (Wildman–Crippen LogP) is 2.55. The minimum absolute atomic E-state index is 0.586. The highest BCUT2D eigenvalue weighted by Crippen LogP contribution is 2.03. The normalized spacial score (nSPS) is 10.7. The highest BCUT2D eigenvalue weighted by Gasteiger charge is 2.05. The predicted molar refractivity (Wildman–Crippen MR) is 46.4 cm³/mol. The third-order valence-electron chi connectivity index (χ3n) is 1.29. The van der Waals surface area contributed by atoms with Crippen molar-refractivity contribution in [3.05, 3.63) is 0 Å². The Balaban J connectivity index is 3.67. The average Bonchev–Trinajstić information content (AvgIpc) is 1.84. The molecule has 3 heteroatoms. The summed E-state index contributed by atoms with van der Waals surface area (Å²) >= 11 is 0. The summed E-state index contributed by atoms with van der Waals surface area (Å²) in [6.07, 6.45) is 0. The van der Waals surface area contributed by atoms with Crippen LogP contribution in [0.15, 0.2) is 5.22 Å². The monoisotopic (exact) mass is 157 g/mol. The maximum absolute atomic E-state index is 6.90. The largest absolute Gasteiger partial charge is 0.279 e. The van der Waals surface area contributed by atoms with Gasteiger partial charge in [0.1, 0.15) is 0 Å². The Morgan fingerprint density at radius 1 is 1.09 bits per heavy atom. The number of hydrogen-bond donors (Lipinski definition) is 1. The van der Waals surface area contributed by atoms with Crippen molar-refractivity contribution in [2.75, 3.05) is 13.1 Å². The summed E-state index contributed by atoms with van der Waals surface area (Å²) in [7, 11) is 0. The second kappa shape index (κ2) is 5.10. The zero-order valence-electron chi connectivity index (χ0n) is 7.96. The van der Waals surface area contributed by atoms with Crippen molar-refractivity contribution in [1.82, 2.24) is 5.01 Å². The smallest absolute Gasteiger partial charge is 0.0400 e. The van der Waals surface area contributed by atoms with Crippen LogP contribution in [-0.4, -0.2) is 18.1 Å². The first kappa shape index (κ1) is 10.4. The second-order valence-corrected chi connectivity index (χ2v) is 3.76. The molecule has 0 saturated heterocycles. The molecule has 0 bridgehead atoms. The Morgan fingerprint density at radius 2 is 1.45 bits per heavy atom. The quantitative estimate of drug-likeness (QED) is 0.483. The topological polar surface area (TPSA) is 39.5 Å². The lowest BCUT2D eigenvalue weighted by atomic mass is 10.2. The molecule has 0 amide bonds. The van der Waals surface area contributed by atoms with Crippen LogP contribution in [0.2, 0.25) is 0 Å². The first-order valence-electron chi connectivity index (χ1n) is 4.18. The molecular formula is C8H19N3. The van der Waals surface area contributed by atoms with E-state index in [0.717, 1.165) is 13.1 Å². The van der Waals surface area contributed by atoms with E-state index >= 15 is 0 Å². The molecule has 0 aromatic rings. The maximum Gasteiger partial charge on any atom is 0.0400 e. The Kier molecular flexibility index (Phi) is 4.83. The molecule has 0 saturated carbocycles. The summed E-state index contributed by atoms with van der Waals surface area (Å²) in [6.45, 7) is 10.3. The van der Waals surface area contributed by atoms with Crippen LogP contribution in [-0.2, 0) is 0 Å². The molecule has 0 atom stereocenters. The van der Waals surface area contributed by atoms with Gasteiger partial charge in [0, 0.05) is 13.1 Å². The van der Waals surface area contributed by atoms with Crippen molar-refractivity contribution in [1.29, 1.82) is 5.53 Å². The van der Waals surface area contributed by atoms with Crippen molar-refractivity contribution in [3.8, 4) is 0 Å². The Bertz CT molecular complexity index is 99.9. The van der Waals surface area contributed by atoms with Gasteiger partial charge in [-0.05, 0) is 11.8 Å². The second-order valence-electron chi connectivity index (χ2n) is 3.76. The van der Waals surface area contributed by atoms with Crippen molar-refractivity contribution >= 4 is 0 Å². The molecule has 0 aliphatic heterocycles. The SMILES string of the molecule is CC(C)CN(CC(C)C)N=N. The Labute approximate surface area is 69.3 Å². The first-order chi connectivity index (χ1) is 5.06. The molecule has 0 rings (SSSR count). The van der Waals surface area contributed by atoms with E-state index in [4.69, 9.17) is 5.53 Å². The lowest BCUT2D eigenvalue weighted by molar-refractivity contribution is 0.208. The molecule has 11 heavy (non-hydrogen) atoms. The van der Waals surface area contributed by atoms with Gasteiger partial charge in [-0.15, -0.1) is 0 Å². The molecule has 0 spiro atoms. The Hall–Kier alpha value is -0.600. The molecule has 66 valence electrons. The summed E-state index contributed by atoms with van der Waals surface area (Å²) in [5, 5.41) is 5.27. The van der Waals surface area contributed by atoms with Crippen LogP contribution in [0.3, 0.4) is 0 Å². The van der Waals surface area contributed by atoms with Crippen molar-refractivity contribution in [2.24, 2.45) is 17.1 Å². The van der Waals surface area contributed by atoms with E-state index in [-0.39, 0.29) is 0 Å². The van der Waals surface area contributed by atoms with Gasteiger partial charge in [0.25, 0.3) is 0 Å². The van der Waals surface area contributed by atoms with Gasteiger partial charge < -0.3 is 0 Å². The van der Waals surface area contributed by atoms with E-state index in [1.165, 1.54) is 0 Å². The van der Waals surface area contributed by atoms with Crippen LogP contribution in [0, 0.1) is 17.4 Å². The van der Waals surface area contributed by atoms with Gasteiger partial charge in [0.15, 0.2) is 0 Å². The molecule has 0 radical (unpaired) electrons. The van der Waals surface area contributed by atoms with Crippen LogP contribution in [0.4, 0.5) is 0 Å². The van der Waals surface area contributed by atoms with E-state index < -0.39 is 0 Å². The first-order valence-corrected chi connectivity index (χ1v) is 4.18. The highest BCUT2D eigenvalue weighted by molar-refractivity contribution is 4.55. The number of hydrogen-bond acceptors (Lipinski definition) is 2. The summed E-state index contributed by atoms with van der Waals surface area (Å²) in [5.41, 5.74) is 6.90. The number of rotatable bonds is 5. The molecule has 1 N–H and O–H groups in total. The van der Waals surface area contributed by atoms with E-state index in [1.54, 1.807) is 0 Å². The minimum Gasteiger partial charge on any atom is -0.279 e. The fourth-order valence-electron chi connectivity index (χ4n) is 0.999. The van der Waals surface area contributed by atoms with Gasteiger partial charge >= 0.3 is 0 Å². The van der Waals surface area contributed by atoms with Gasteiger partial charge in [-0.25, -0.2) is 0 Å². The van der Waals surface area contributed by atoms with Gasteiger partial charge in [-0.1, -0.05) is 32.9 Å². The standard InChI is InChI=1S/C8H19N3/c1-7(2)5-11(10-9)6-8(3)4/h7-9H,5-6H2,1-4H3. The zero-order chi connectivity index (χ0) is 8.85.